The van der Waals surface area contributed by atoms with Crippen LogP contribution in [0.15, 0.2) is 22.8 Å². The van der Waals surface area contributed by atoms with Gasteiger partial charge in [0, 0.05) is 0 Å². The van der Waals surface area contributed by atoms with Gasteiger partial charge < -0.3 is 4.42 Å². The van der Waals surface area contributed by atoms with Gasteiger partial charge in [0.1, 0.15) is 5.76 Å². The summed E-state index contributed by atoms with van der Waals surface area (Å²) in [4.78, 5) is 0. The molecule has 0 bridgehead atoms. The number of hydrogen-bond acceptors (Lipinski definition) is 2. The second kappa shape index (κ2) is 3.62. The zero-order valence-electron chi connectivity index (χ0n) is 5.46. The molecule has 2 heteroatoms. The van der Waals surface area contributed by atoms with Gasteiger partial charge in [0.2, 0.25) is 0 Å². The fraction of sp³-hybridized carbons (Fsp3) is 0.429. The highest BCUT2D eigenvalue weighted by molar-refractivity contribution is 7.98. The van der Waals surface area contributed by atoms with E-state index in [4.69, 9.17) is 4.42 Å². The summed E-state index contributed by atoms with van der Waals surface area (Å²) >= 11 is 1.87. The van der Waals surface area contributed by atoms with E-state index < -0.39 is 0 Å². The predicted octanol–water partition coefficient (Wildman–Crippen LogP) is 2.53. The second-order valence-corrected chi connectivity index (χ2v) is 2.99. The Morgan fingerprint density at radius 3 is 3.11 bits per heavy atom. The molecule has 9 heavy (non-hydrogen) atoms. The van der Waals surface area contributed by atoms with Crippen LogP contribution in [0.5, 0.6) is 0 Å². The van der Waals surface area contributed by atoms with Gasteiger partial charge >= 0.3 is 0 Å². The minimum atomic E-state index is 1.00. The minimum absolute atomic E-state index is 1.00. The molecule has 0 atom stereocenters. The monoisotopic (exact) mass is 142 g/mol. The molecule has 0 aliphatic heterocycles. The molecule has 0 unspecified atom stereocenters. The summed E-state index contributed by atoms with van der Waals surface area (Å²) in [6.45, 7) is 2.15. The van der Waals surface area contributed by atoms with Crippen LogP contribution in [-0.4, -0.2) is 5.75 Å². The highest BCUT2D eigenvalue weighted by Crippen LogP contribution is 2.10. The van der Waals surface area contributed by atoms with E-state index in [1.54, 1.807) is 6.26 Å². The fourth-order valence-corrected chi connectivity index (χ4v) is 1.17. The highest BCUT2D eigenvalue weighted by atomic mass is 32.2. The topological polar surface area (TPSA) is 13.1 Å². The fourth-order valence-electron chi connectivity index (χ4n) is 0.597. The van der Waals surface area contributed by atoms with E-state index in [0.29, 0.717) is 0 Å². The van der Waals surface area contributed by atoms with Crippen molar-refractivity contribution < 1.29 is 4.42 Å². The highest BCUT2D eigenvalue weighted by Gasteiger charge is 1.91. The number of thioether (sulfide) groups is 1. The third-order valence-electron chi connectivity index (χ3n) is 1.03. The Balaban J connectivity index is 2.30. The van der Waals surface area contributed by atoms with Crippen LogP contribution in [0.1, 0.15) is 12.7 Å². The van der Waals surface area contributed by atoms with Crippen molar-refractivity contribution in [3.05, 3.63) is 24.2 Å². The average molecular weight is 142 g/mol. The van der Waals surface area contributed by atoms with Crippen LogP contribution in [0.3, 0.4) is 0 Å². The summed E-state index contributed by atoms with van der Waals surface area (Å²) in [6, 6.07) is 3.92. The molecule has 1 rings (SSSR count). The lowest BCUT2D eigenvalue weighted by molar-refractivity contribution is 0.530. The Labute approximate surface area is 59.4 Å². The van der Waals surface area contributed by atoms with E-state index in [1.165, 1.54) is 0 Å². The average Bonchev–Trinajstić information content (AvgIpc) is 2.34. The van der Waals surface area contributed by atoms with Gasteiger partial charge in [0.05, 0.1) is 12.0 Å². The van der Waals surface area contributed by atoms with Gasteiger partial charge in [-0.25, -0.2) is 0 Å². The van der Waals surface area contributed by atoms with Crippen molar-refractivity contribution in [2.45, 2.75) is 12.7 Å². The molecule has 0 aliphatic carbocycles. The summed E-state index contributed by atoms with van der Waals surface area (Å²) in [6.07, 6.45) is 1.71. The first-order valence-electron chi connectivity index (χ1n) is 3.03. The Hall–Kier alpha value is -0.370. The van der Waals surface area contributed by atoms with E-state index in [1.807, 2.05) is 23.9 Å². The number of rotatable bonds is 3. The van der Waals surface area contributed by atoms with E-state index in [0.717, 1.165) is 17.3 Å². The van der Waals surface area contributed by atoms with Gasteiger partial charge in [-0.3, -0.25) is 0 Å². The van der Waals surface area contributed by atoms with Crippen LogP contribution < -0.4 is 0 Å². The van der Waals surface area contributed by atoms with Crippen molar-refractivity contribution in [1.82, 2.24) is 0 Å². The zero-order valence-corrected chi connectivity index (χ0v) is 6.28. The smallest absolute Gasteiger partial charge is 0.113 e. The van der Waals surface area contributed by atoms with Crippen molar-refractivity contribution in [2.24, 2.45) is 0 Å². The van der Waals surface area contributed by atoms with Gasteiger partial charge in [-0.2, -0.15) is 11.8 Å². The number of furan rings is 1. The molecule has 0 radical (unpaired) electrons. The molecule has 0 aliphatic rings. The largest absolute Gasteiger partial charge is 0.468 e. The van der Waals surface area contributed by atoms with Crippen LogP contribution in [0.4, 0.5) is 0 Å². The van der Waals surface area contributed by atoms with Crippen LogP contribution in [0.25, 0.3) is 0 Å². The zero-order chi connectivity index (χ0) is 6.53. The maximum atomic E-state index is 5.11. The molecular formula is C7H10OS. The molecule has 0 N–H and O–H groups in total. The van der Waals surface area contributed by atoms with Crippen molar-refractivity contribution in [3.8, 4) is 0 Å². The molecule has 1 aromatic rings. The molecule has 50 valence electrons. The Morgan fingerprint density at radius 1 is 1.67 bits per heavy atom. The van der Waals surface area contributed by atoms with E-state index in [-0.39, 0.29) is 0 Å². The lowest BCUT2D eigenvalue weighted by Gasteiger charge is -1.90. The first-order valence-corrected chi connectivity index (χ1v) is 4.19. The summed E-state index contributed by atoms with van der Waals surface area (Å²) < 4.78 is 5.11. The van der Waals surface area contributed by atoms with Crippen LogP contribution >= 0.6 is 11.8 Å². The molecule has 0 spiro atoms. The first kappa shape index (κ1) is 6.75. The van der Waals surface area contributed by atoms with Gasteiger partial charge in [-0.15, -0.1) is 0 Å². The van der Waals surface area contributed by atoms with E-state index >= 15 is 0 Å². The van der Waals surface area contributed by atoms with Crippen molar-refractivity contribution in [3.63, 3.8) is 0 Å². The third kappa shape index (κ3) is 2.14. The van der Waals surface area contributed by atoms with Gasteiger partial charge in [-0.1, -0.05) is 6.92 Å². The molecule has 1 aromatic heterocycles. The van der Waals surface area contributed by atoms with E-state index in [9.17, 15) is 0 Å². The molecule has 0 fully saturated rings. The molecular weight excluding hydrogens is 132 g/mol. The third-order valence-corrected chi connectivity index (χ3v) is 1.93. The lowest BCUT2D eigenvalue weighted by atomic mass is 10.5. The maximum Gasteiger partial charge on any atom is 0.113 e. The molecule has 0 saturated heterocycles. The van der Waals surface area contributed by atoms with Crippen LogP contribution in [0, 0.1) is 0 Å². The second-order valence-electron chi connectivity index (χ2n) is 1.72. The van der Waals surface area contributed by atoms with Crippen molar-refractivity contribution >= 4 is 11.8 Å². The van der Waals surface area contributed by atoms with Crippen molar-refractivity contribution in [2.75, 3.05) is 5.75 Å². The Bertz CT molecular complexity index is 146. The minimum Gasteiger partial charge on any atom is -0.468 e. The first-order chi connectivity index (χ1) is 4.43. The van der Waals surface area contributed by atoms with Gasteiger partial charge in [0.25, 0.3) is 0 Å². The molecule has 1 heterocycles. The standard InChI is InChI=1S/C7H10OS/c1-2-9-6-7-4-3-5-8-7/h3-5H,2,6H2,1H3. The normalized spacial score (nSPS) is 9.89. The lowest BCUT2D eigenvalue weighted by Crippen LogP contribution is -1.73. The van der Waals surface area contributed by atoms with Crippen LogP contribution in [0.2, 0.25) is 0 Å². The van der Waals surface area contributed by atoms with Crippen LogP contribution in [-0.2, 0) is 5.75 Å². The Kier molecular flexibility index (Phi) is 2.71. The molecule has 0 amide bonds. The molecule has 0 aromatic carbocycles. The van der Waals surface area contributed by atoms with Gasteiger partial charge in [0.15, 0.2) is 0 Å². The molecule has 0 saturated carbocycles. The number of hydrogen-bond donors (Lipinski definition) is 0. The summed E-state index contributed by atoms with van der Waals surface area (Å²) in [5.74, 6) is 3.23. The van der Waals surface area contributed by atoms with Gasteiger partial charge in [-0.05, 0) is 17.9 Å². The van der Waals surface area contributed by atoms with Crippen molar-refractivity contribution in [1.29, 1.82) is 0 Å². The molecule has 1 nitrogen and oxygen atoms in total. The maximum absolute atomic E-state index is 5.11. The Morgan fingerprint density at radius 2 is 2.56 bits per heavy atom. The summed E-state index contributed by atoms with van der Waals surface area (Å²) in [7, 11) is 0. The SMILES string of the molecule is CCSCc1ccco1. The summed E-state index contributed by atoms with van der Waals surface area (Å²) in [5, 5.41) is 0. The summed E-state index contributed by atoms with van der Waals surface area (Å²) in [5.41, 5.74) is 0. The predicted molar refractivity (Wildman–Crippen MR) is 40.5 cm³/mol. The van der Waals surface area contributed by atoms with E-state index in [2.05, 4.69) is 6.92 Å². The quantitative estimate of drug-likeness (QED) is 0.643.